The fraction of sp³-hybridized carbons (Fsp3) is 0.464. The lowest BCUT2D eigenvalue weighted by Gasteiger charge is -2.46. The lowest BCUT2D eigenvalue weighted by Crippen LogP contribution is -2.53. The number of anilines is 1. The van der Waals surface area contributed by atoms with Crippen LogP contribution < -0.4 is 15.6 Å². The average Bonchev–Trinajstić information content (AvgIpc) is 3.02. The van der Waals surface area contributed by atoms with E-state index in [0.29, 0.717) is 42.8 Å². The Morgan fingerprint density at radius 3 is 2.62 bits per heavy atom. The van der Waals surface area contributed by atoms with Crippen LogP contribution in [0.4, 0.5) is 19.0 Å². The molecule has 0 radical (unpaired) electrons. The summed E-state index contributed by atoms with van der Waals surface area (Å²) in [6, 6.07) is 6.27. The first kappa shape index (κ1) is 24.0. The van der Waals surface area contributed by atoms with Crippen LogP contribution in [-0.4, -0.2) is 40.8 Å². The van der Waals surface area contributed by atoms with E-state index < -0.39 is 34.2 Å². The van der Waals surface area contributed by atoms with Crippen molar-refractivity contribution in [2.45, 2.75) is 50.2 Å². The van der Waals surface area contributed by atoms with E-state index in [-0.39, 0.29) is 28.7 Å². The predicted molar refractivity (Wildman–Crippen MR) is 135 cm³/mol. The summed E-state index contributed by atoms with van der Waals surface area (Å²) in [7, 11) is 3.55. The number of alkyl halides is 1. The van der Waals surface area contributed by atoms with Crippen LogP contribution in [0.2, 0.25) is 0 Å². The number of fused-ring (bicyclic) bond motifs is 2. The van der Waals surface area contributed by atoms with Gasteiger partial charge in [0, 0.05) is 38.3 Å². The number of carbonyl (C=O) groups is 1. The van der Waals surface area contributed by atoms with Gasteiger partial charge in [0.1, 0.15) is 28.7 Å². The Hall–Kier alpha value is -3.36. The van der Waals surface area contributed by atoms with Gasteiger partial charge in [-0.3, -0.25) is 14.2 Å². The molecule has 6 nitrogen and oxygen atoms in total. The molecule has 5 unspecified atom stereocenters. The Morgan fingerprint density at radius 2 is 1.89 bits per heavy atom. The summed E-state index contributed by atoms with van der Waals surface area (Å²) in [6.45, 7) is 1.85. The Bertz CT molecular complexity index is 1500. The fourth-order valence-corrected chi connectivity index (χ4v) is 7.10. The molecule has 3 fully saturated rings. The van der Waals surface area contributed by atoms with Crippen LogP contribution in [-0.2, 0) is 0 Å². The Kier molecular flexibility index (Phi) is 5.23. The van der Waals surface area contributed by atoms with Crippen LogP contribution in [0.5, 0.6) is 0 Å². The number of amides is 1. The number of nitrogens with one attached hydrogen (secondary N) is 1. The van der Waals surface area contributed by atoms with Crippen molar-refractivity contribution in [3.8, 4) is 5.69 Å². The number of hydrogen-bond acceptors (Lipinski definition) is 4. The van der Waals surface area contributed by atoms with E-state index >= 15 is 4.39 Å². The number of nitrogens with zero attached hydrogens (tertiary/aromatic N) is 3. The van der Waals surface area contributed by atoms with Crippen molar-refractivity contribution in [2.75, 3.05) is 19.0 Å². The maximum absolute atomic E-state index is 15.7. The second-order valence-electron chi connectivity index (χ2n) is 11.6. The number of benzene rings is 1. The molecule has 0 saturated heterocycles. The van der Waals surface area contributed by atoms with E-state index in [4.69, 9.17) is 0 Å². The van der Waals surface area contributed by atoms with Gasteiger partial charge in [0.2, 0.25) is 5.43 Å². The van der Waals surface area contributed by atoms with E-state index in [9.17, 15) is 18.4 Å². The van der Waals surface area contributed by atoms with Gasteiger partial charge < -0.3 is 10.2 Å². The average molecular weight is 511 g/mol. The lowest BCUT2D eigenvalue weighted by molar-refractivity contribution is 0.0419. The molecule has 6 rings (SSSR count). The maximum Gasteiger partial charge on any atom is 0.257 e. The van der Waals surface area contributed by atoms with Gasteiger partial charge >= 0.3 is 0 Å². The zero-order valence-corrected chi connectivity index (χ0v) is 21.0. The third-order valence-electron chi connectivity index (χ3n) is 8.59. The second-order valence-corrected chi connectivity index (χ2v) is 11.6. The van der Waals surface area contributed by atoms with E-state index in [0.717, 1.165) is 18.6 Å². The fourth-order valence-electron chi connectivity index (χ4n) is 7.10. The summed E-state index contributed by atoms with van der Waals surface area (Å²) < 4.78 is 45.5. The molecule has 5 atom stereocenters. The highest BCUT2D eigenvalue weighted by Crippen LogP contribution is 2.62. The molecule has 3 saturated carbocycles. The molecule has 9 heteroatoms. The number of rotatable bonds is 4. The molecule has 1 aromatic carbocycles. The van der Waals surface area contributed by atoms with E-state index in [2.05, 4.69) is 10.3 Å². The van der Waals surface area contributed by atoms with Gasteiger partial charge in [-0.05, 0) is 74.6 Å². The van der Waals surface area contributed by atoms with Gasteiger partial charge in [-0.15, -0.1) is 0 Å². The van der Waals surface area contributed by atoms with Crippen LogP contribution in [0.3, 0.4) is 0 Å². The highest BCUT2D eigenvalue weighted by Gasteiger charge is 2.60. The first-order valence-corrected chi connectivity index (χ1v) is 12.7. The van der Waals surface area contributed by atoms with Crippen LogP contribution in [0, 0.1) is 29.4 Å². The molecule has 3 aliphatic rings. The van der Waals surface area contributed by atoms with Gasteiger partial charge in [0.15, 0.2) is 5.65 Å². The molecule has 0 aliphatic heterocycles. The van der Waals surface area contributed by atoms with Gasteiger partial charge in [0.25, 0.3) is 5.91 Å². The highest BCUT2D eigenvalue weighted by molar-refractivity contribution is 5.97. The number of aromatic nitrogens is 2. The van der Waals surface area contributed by atoms with Gasteiger partial charge in [-0.2, -0.15) is 0 Å². The first-order chi connectivity index (χ1) is 17.5. The molecular weight excluding hydrogens is 481 g/mol. The van der Waals surface area contributed by atoms with Gasteiger partial charge in [0.05, 0.1) is 11.1 Å². The van der Waals surface area contributed by atoms with Crippen molar-refractivity contribution in [3.63, 3.8) is 0 Å². The minimum atomic E-state index is -1.31. The summed E-state index contributed by atoms with van der Waals surface area (Å²) in [6.07, 6.45) is 4.17. The van der Waals surface area contributed by atoms with E-state index in [1.165, 1.54) is 16.8 Å². The predicted octanol–water partition coefficient (Wildman–Crippen LogP) is 4.77. The molecule has 2 aromatic heterocycles. The molecule has 3 aliphatic carbocycles. The van der Waals surface area contributed by atoms with E-state index in [1.54, 1.807) is 31.1 Å². The SMILES string of the molecule is CN(C)c1ccc2c(=O)c(C(=O)NC3(C)CC4CC5CC(F)(CC54)C3)cn(-c3ccc(F)cc3F)c2n1. The smallest absolute Gasteiger partial charge is 0.257 e. The van der Waals surface area contributed by atoms with Crippen LogP contribution in [0.15, 0.2) is 41.3 Å². The minimum absolute atomic E-state index is 0.0509. The monoisotopic (exact) mass is 510 g/mol. The Balaban J connectivity index is 1.45. The molecule has 1 amide bonds. The number of halogens is 3. The van der Waals surface area contributed by atoms with Crippen molar-refractivity contribution in [3.05, 3.63) is 63.9 Å². The van der Waals surface area contributed by atoms with Crippen molar-refractivity contribution < 1.29 is 18.0 Å². The van der Waals surface area contributed by atoms with Gasteiger partial charge in [-0.1, -0.05) is 0 Å². The summed E-state index contributed by atoms with van der Waals surface area (Å²) in [5.41, 5.74) is -2.79. The summed E-state index contributed by atoms with van der Waals surface area (Å²) >= 11 is 0. The zero-order valence-electron chi connectivity index (χ0n) is 21.0. The lowest BCUT2D eigenvalue weighted by atomic mass is 9.62. The van der Waals surface area contributed by atoms with Crippen molar-refractivity contribution in [1.82, 2.24) is 14.9 Å². The standard InChI is InChI=1S/C28H29F3N4O2/c1-27(10-15-8-16-11-28(31,14-27)12-19(15)16)33-26(37)20-13-35(22-6-4-17(29)9-21(22)30)25-18(24(20)36)5-7-23(32-25)34(2)3/h4-7,9,13,15-16,19H,8,10-12,14H2,1-3H3,(H,33,37). The number of hydrogen-bond donors (Lipinski definition) is 1. The summed E-state index contributed by atoms with van der Waals surface area (Å²) in [5.74, 6) is -0.536. The second kappa shape index (κ2) is 8.07. The first-order valence-electron chi connectivity index (χ1n) is 12.7. The van der Waals surface area contributed by atoms with Crippen LogP contribution in [0.25, 0.3) is 16.7 Å². The number of pyridine rings is 2. The molecule has 2 bridgehead atoms. The molecular formula is C28H29F3N4O2. The van der Waals surface area contributed by atoms with Crippen LogP contribution in [0.1, 0.15) is 49.4 Å². The largest absolute Gasteiger partial charge is 0.363 e. The normalized spacial score (nSPS) is 30.1. The third-order valence-corrected chi connectivity index (χ3v) is 8.59. The number of carbonyl (C=O) groups excluding carboxylic acids is 1. The Labute approximate surface area is 212 Å². The molecule has 1 N–H and O–H groups in total. The zero-order chi connectivity index (χ0) is 26.3. The molecule has 0 spiro atoms. The molecule has 2 heterocycles. The topological polar surface area (TPSA) is 67.2 Å². The Morgan fingerprint density at radius 1 is 1.14 bits per heavy atom. The summed E-state index contributed by atoms with van der Waals surface area (Å²) in [5, 5.41) is 3.10. The van der Waals surface area contributed by atoms with E-state index in [1.807, 2.05) is 6.92 Å². The van der Waals surface area contributed by atoms with Crippen LogP contribution >= 0.6 is 0 Å². The maximum atomic E-state index is 15.7. The quantitative estimate of drug-likeness (QED) is 0.549. The molecule has 3 aromatic rings. The highest BCUT2D eigenvalue weighted by atomic mass is 19.1. The van der Waals surface area contributed by atoms with Crippen molar-refractivity contribution >= 4 is 22.8 Å². The molecule has 37 heavy (non-hydrogen) atoms. The third kappa shape index (κ3) is 3.90. The minimum Gasteiger partial charge on any atom is -0.363 e. The van der Waals surface area contributed by atoms with Crippen molar-refractivity contribution in [1.29, 1.82) is 0 Å². The summed E-state index contributed by atoms with van der Waals surface area (Å²) in [4.78, 5) is 33.3. The van der Waals surface area contributed by atoms with Gasteiger partial charge in [-0.25, -0.2) is 18.2 Å². The van der Waals surface area contributed by atoms with Crippen molar-refractivity contribution in [2.24, 2.45) is 17.8 Å². The molecule has 194 valence electrons.